The monoisotopic (exact) mass is 463 g/mol. The molecule has 12 heteroatoms. The first-order valence-corrected chi connectivity index (χ1v) is 10.4. The van der Waals surface area contributed by atoms with Crippen LogP contribution in [0.4, 0.5) is 17.6 Å². The number of aliphatic carboxylic acids is 1. The number of aryl methyl sites for hydroxylation is 1. The second-order valence-electron chi connectivity index (χ2n) is 7.06. The second kappa shape index (κ2) is 9.88. The summed E-state index contributed by atoms with van der Waals surface area (Å²) in [5, 5.41) is 7.12. The van der Waals surface area contributed by atoms with E-state index in [0.29, 0.717) is 12.6 Å². The summed E-state index contributed by atoms with van der Waals surface area (Å²) in [4.78, 5) is 21.0. The van der Waals surface area contributed by atoms with Gasteiger partial charge in [-0.1, -0.05) is 0 Å². The molecule has 1 N–H and O–H groups in total. The molecule has 2 aliphatic rings. The van der Waals surface area contributed by atoms with Crippen LogP contribution in [-0.4, -0.2) is 63.5 Å². The van der Waals surface area contributed by atoms with E-state index in [2.05, 4.69) is 14.9 Å². The van der Waals surface area contributed by atoms with Gasteiger partial charge in [0.25, 0.3) is 5.88 Å². The Hall–Kier alpha value is -2.31. The maximum atomic E-state index is 13.8. The topological polar surface area (TPSA) is 84.8 Å². The molecule has 1 saturated heterocycles. The number of hydrogen-bond donors (Lipinski definition) is 1. The molecule has 1 aliphatic heterocycles. The number of fused-ring (bicyclic) bond motifs is 1. The fraction of sp³-hybridized carbons (Fsp3) is 0.526. The molecule has 2 aromatic heterocycles. The average molecular weight is 463 g/mol. The highest BCUT2D eigenvalue weighted by atomic mass is 32.1. The van der Waals surface area contributed by atoms with Crippen molar-refractivity contribution in [3.8, 4) is 5.88 Å². The van der Waals surface area contributed by atoms with Gasteiger partial charge in [0.1, 0.15) is 12.2 Å². The lowest BCUT2D eigenvalue weighted by Crippen LogP contribution is -2.51. The van der Waals surface area contributed by atoms with Crippen molar-refractivity contribution in [1.29, 1.82) is 0 Å². The van der Waals surface area contributed by atoms with Gasteiger partial charge in [-0.3, -0.25) is 4.90 Å². The number of morpholine rings is 1. The van der Waals surface area contributed by atoms with Crippen LogP contribution in [-0.2, 0) is 16.1 Å². The zero-order chi connectivity index (χ0) is 22.6. The van der Waals surface area contributed by atoms with E-state index in [1.54, 1.807) is 23.6 Å². The fourth-order valence-corrected chi connectivity index (χ4v) is 4.38. The van der Waals surface area contributed by atoms with E-state index in [9.17, 15) is 17.6 Å². The molecule has 1 saturated carbocycles. The summed E-state index contributed by atoms with van der Waals surface area (Å²) < 4.78 is 57.3. The Balaban J connectivity index is 0.000000339. The van der Waals surface area contributed by atoms with Crippen molar-refractivity contribution in [2.24, 2.45) is 0 Å². The number of carboxylic acid groups (broad SMARTS) is 1. The molecular weight excluding hydrogens is 442 g/mol. The number of alkyl halides is 3. The summed E-state index contributed by atoms with van der Waals surface area (Å²) >= 11 is 1.70. The summed E-state index contributed by atoms with van der Waals surface area (Å²) in [6.07, 6.45) is -1.88. The quantitative estimate of drug-likeness (QED) is 0.696. The molecule has 1 aliphatic carbocycles. The van der Waals surface area contributed by atoms with E-state index in [1.165, 1.54) is 10.9 Å². The summed E-state index contributed by atoms with van der Waals surface area (Å²) in [6, 6.07) is 3.24. The first kappa shape index (κ1) is 23.4. The minimum Gasteiger partial charge on any atom is -0.475 e. The van der Waals surface area contributed by atoms with E-state index >= 15 is 0 Å². The summed E-state index contributed by atoms with van der Waals surface area (Å²) in [7, 11) is 0. The second-order valence-corrected chi connectivity index (χ2v) is 8.00. The van der Waals surface area contributed by atoms with Crippen molar-refractivity contribution in [3.05, 3.63) is 40.2 Å². The van der Waals surface area contributed by atoms with Crippen molar-refractivity contribution in [2.75, 3.05) is 13.2 Å². The molecule has 0 aromatic carbocycles. The Bertz CT molecular complexity index is 895. The van der Waals surface area contributed by atoms with Crippen molar-refractivity contribution in [3.63, 3.8) is 0 Å². The van der Waals surface area contributed by atoms with Gasteiger partial charge in [0.2, 0.25) is 0 Å². The Morgan fingerprint density at radius 1 is 1.39 bits per heavy atom. The molecule has 3 heterocycles. The summed E-state index contributed by atoms with van der Waals surface area (Å²) in [5.74, 6) is -3.11. The number of rotatable bonds is 4. The van der Waals surface area contributed by atoms with Gasteiger partial charge in [-0.25, -0.2) is 19.2 Å². The van der Waals surface area contributed by atoms with Crippen LogP contribution in [0.5, 0.6) is 5.88 Å². The van der Waals surface area contributed by atoms with E-state index in [-0.39, 0.29) is 18.1 Å². The zero-order valence-corrected chi connectivity index (χ0v) is 17.3. The number of aromatic nitrogens is 2. The van der Waals surface area contributed by atoms with Crippen molar-refractivity contribution in [1.82, 2.24) is 14.9 Å². The molecule has 170 valence electrons. The Kier molecular flexibility index (Phi) is 7.44. The third kappa shape index (κ3) is 5.89. The smallest absolute Gasteiger partial charge is 0.475 e. The maximum absolute atomic E-state index is 13.8. The van der Waals surface area contributed by atoms with Crippen LogP contribution in [0.2, 0.25) is 0 Å². The van der Waals surface area contributed by atoms with Gasteiger partial charge in [0.05, 0.1) is 17.8 Å². The lowest BCUT2D eigenvalue weighted by molar-refractivity contribution is -0.192. The lowest BCUT2D eigenvalue weighted by atomic mass is 10.1. The van der Waals surface area contributed by atoms with E-state index in [0.717, 1.165) is 31.6 Å². The Morgan fingerprint density at radius 2 is 2.13 bits per heavy atom. The Morgan fingerprint density at radius 3 is 2.74 bits per heavy atom. The summed E-state index contributed by atoms with van der Waals surface area (Å²) in [5.41, 5.74) is 3.00. The fourth-order valence-electron chi connectivity index (χ4n) is 3.58. The zero-order valence-electron chi connectivity index (χ0n) is 16.5. The molecule has 0 unspecified atom stereocenters. The van der Waals surface area contributed by atoms with Crippen molar-refractivity contribution in [2.45, 2.75) is 50.7 Å². The van der Waals surface area contributed by atoms with Gasteiger partial charge in [-0.2, -0.15) is 13.2 Å². The highest BCUT2D eigenvalue weighted by Crippen LogP contribution is 2.34. The van der Waals surface area contributed by atoms with Gasteiger partial charge in [0, 0.05) is 30.2 Å². The van der Waals surface area contributed by atoms with Gasteiger partial charge >= 0.3 is 12.1 Å². The number of halogens is 4. The number of carbonyl (C=O) groups is 1. The largest absolute Gasteiger partial charge is 0.490 e. The molecule has 2 aromatic rings. The standard InChI is InChI=1S/C17H20FN3O2S.C2HF3O2/c1-11-15(24-10-20-11)9-21-7-8-22-16-13(21)4-5-14(16)23-17-12(18)3-2-6-19-17;3-2(4,5)1(6)7/h2-3,6,10,13-14,16H,4-5,7-9H2,1H3;(H,6,7)/t13-,14+,16+;/m0./s1. The van der Waals surface area contributed by atoms with Gasteiger partial charge in [0.15, 0.2) is 5.82 Å². The highest BCUT2D eigenvalue weighted by Gasteiger charge is 2.44. The third-order valence-corrected chi connectivity index (χ3v) is 5.99. The molecular formula is C19H21F4N3O4S. The third-order valence-electron chi connectivity index (χ3n) is 5.07. The minimum atomic E-state index is -5.08. The lowest BCUT2D eigenvalue weighted by Gasteiger charge is -2.38. The van der Waals surface area contributed by atoms with Gasteiger partial charge in [-0.05, 0) is 31.9 Å². The number of carboxylic acids is 1. The van der Waals surface area contributed by atoms with E-state index in [1.807, 2.05) is 12.4 Å². The number of thiazole rings is 1. The van der Waals surface area contributed by atoms with E-state index in [4.69, 9.17) is 19.4 Å². The van der Waals surface area contributed by atoms with E-state index < -0.39 is 18.0 Å². The number of hydrogen-bond acceptors (Lipinski definition) is 7. The molecule has 0 bridgehead atoms. The van der Waals surface area contributed by atoms with Gasteiger partial charge in [-0.15, -0.1) is 11.3 Å². The molecule has 0 spiro atoms. The van der Waals surface area contributed by atoms with Crippen LogP contribution in [0.1, 0.15) is 23.4 Å². The maximum Gasteiger partial charge on any atom is 0.490 e. The number of nitrogens with zero attached hydrogens (tertiary/aromatic N) is 3. The first-order chi connectivity index (χ1) is 14.7. The van der Waals surface area contributed by atoms with Crippen LogP contribution in [0, 0.1) is 12.7 Å². The van der Waals surface area contributed by atoms with Crippen molar-refractivity contribution < 1.29 is 36.9 Å². The predicted octanol–water partition coefficient (Wildman–Crippen LogP) is 3.43. The van der Waals surface area contributed by atoms with Gasteiger partial charge < -0.3 is 14.6 Å². The minimum absolute atomic E-state index is 0.0339. The predicted molar refractivity (Wildman–Crippen MR) is 102 cm³/mol. The molecule has 4 rings (SSSR count). The molecule has 2 fully saturated rings. The molecule has 0 amide bonds. The summed E-state index contributed by atoms with van der Waals surface area (Å²) in [6.45, 7) is 4.52. The number of ether oxygens (including phenoxy) is 2. The normalized spacial score (nSPS) is 23.6. The molecule has 0 radical (unpaired) electrons. The average Bonchev–Trinajstić information content (AvgIpc) is 3.30. The number of pyridine rings is 1. The first-order valence-electron chi connectivity index (χ1n) is 9.48. The van der Waals surface area contributed by atoms with Crippen molar-refractivity contribution >= 4 is 17.3 Å². The van der Waals surface area contributed by atoms with Crippen LogP contribution >= 0.6 is 11.3 Å². The highest BCUT2D eigenvalue weighted by molar-refractivity contribution is 7.09. The molecule has 31 heavy (non-hydrogen) atoms. The molecule has 3 atom stereocenters. The van der Waals surface area contributed by atoms with Crippen LogP contribution < -0.4 is 4.74 Å². The van der Waals surface area contributed by atoms with Crippen LogP contribution in [0.15, 0.2) is 23.8 Å². The van der Waals surface area contributed by atoms with Crippen LogP contribution in [0.3, 0.4) is 0 Å². The Labute approximate surface area is 179 Å². The SMILES string of the molecule is Cc1ncsc1CN1CCO[C@H]2[C@H](Oc3ncccc3F)CC[C@@H]21.O=C(O)C(F)(F)F. The van der Waals surface area contributed by atoms with Crippen LogP contribution in [0.25, 0.3) is 0 Å². The molecule has 7 nitrogen and oxygen atoms in total.